The van der Waals surface area contributed by atoms with Crippen molar-refractivity contribution in [1.82, 2.24) is 10.5 Å². The number of rotatable bonds is 14. The average molecular weight is 518 g/mol. The number of hydrazone groups is 1. The quantitative estimate of drug-likeness (QED) is 0.226. The van der Waals surface area contributed by atoms with E-state index in [9.17, 15) is 19.2 Å². The molecule has 0 spiro atoms. The summed E-state index contributed by atoms with van der Waals surface area (Å²) in [6.07, 6.45) is 3.21. The summed E-state index contributed by atoms with van der Waals surface area (Å²) >= 11 is 0. The lowest BCUT2D eigenvalue weighted by Crippen LogP contribution is -2.32. The SMILES string of the molecule is CC(C)CC(=O)NN=C1CCCc2cc(OCCOCCOCCC(=O)ON3C(=O)CCC3=O)ccc21. The van der Waals surface area contributed by atoms with E-state index >= 15 is 0 Å². The predicted molar refractivity (Wildman–Crippen MR) is 132 cm³/mol. The fourth-order valence-corrected chi connectivity index (χ4v) is 3.89. The van der Waals surface area contributed by atoms with Crippen molar-refractivity contribution in [3.63, 3.8) is 0 Å². The van der Waals surface area contributed by atoms with Gasteiger partial charge in [-0.15, -0.1) is 5.06 Å². The Balaban J connectivity index is 1.28. The summed E-state index contributed by atoms with van der Waals surface area (Å²) in [6, 6.07) is 5.87. The molecule has 2 aliphatic rings. The molecule has 1 saturated heterocycles. The highest BCUT2D eigenvalue weighted by atomic mass is 16.7. The van der Waals surface area contributed by atoms with Gasteiger partial charge in [0.1, 0.15) is 12.4 Å². The van der Waals surface area contributed by atoms with E-state index in [2.05, 4.69) is 10.5 Å². The van der Waals surface area contributed by atoms with Gasteiger partial charge in [0.2, 0.25) is 5.91 Å². The van der Waals surface area contributed by atoms with E-state index < -0.39 is 17.8 Å². The molecule has 0 saturated carbocycles. The number of fused-ring (bicyclic) bond motifs is 1. The fraction of sp³-hybridized carbons (Fsp3) is 0.577. The van der Waals surface area contributed by atoms with Crippen LogP contribution < -0.4 is 10.2 Å². The second kappa shape index (κ2) is 14.4. The van der Waals surface area contributed by atoms with Crippen molar-refractivity contribution in [2.45, 2.75) is 58.8 Å². The molecule has 11 nitrogen and oxygen atoms in total. The number of amides is 3. The first-order valence-corrected chi connectivity index (χ1v) is 12.7. The number of imide groups is 1. The van der Waals surface area contributed by atoms with Gasteiger partial charge >= 0.3 is 5.97 Å². The van der Waals surface area contributed by atoms with Crippen LogP contribution in [0.2, 0.25) is 0 Å². The van der Waals surface area contributed by atoms with Gasteiger partial charge in [0.25, 0.3) is 11.8 Å². The third-order valence-corrected chi connectivity index (χ3v) is 5.67. The van der Waals surface area contributed by atoms with Gasteiger partial charge in [-0.05, 0) is 48.9 Å². The molecule has 11 heteroatoms. The van der Waals surface area contributed by atoms with E-state index in [1.165, 1.54) is 0 Å². The van der Waals surface area contributed by atoms with Gasteiger partial charge in [-0.3, -0.25) is 14.4 Å². The molecule has 0 bridgehead atoms. The lowest BCUT2D eigenvalue weighted by Gasteiger charge is -2.19. The average Bonchev–Trinajstić information content (AvgIpc) is 3.17. The van der Waals surface area contributed by atoms with Crippen molar-refractivity contribution in [3.05, 3.63) is 29.3 Å². The predicted octanol–water partition coefficient (Wildman–Crippen LogP) is 2.30. The summed E-state index contributed by atoms with van der Waals surface area (Å²) < 4.78 is 16.6. The summed E-state index contributed by atoms with van der Waals surface area (Å²) in [7, 11) is 0. The number of benzene rings is 1. The minimum Gasteiger partial charge on any atom is -0.491 e. The Morgan fingerprint density at radius 1 is 0.973 bits per heavy atom. The van der Waals surface area contributed by atoms with Crippen molar-refractivity contribution in [1.29, 1.82) is 0 Å². The lowest BCUT2D eigenvalue weighted by molar-refractivity contribution is -0.198. The molecule has 37 heavy (non-hydrogen) atoms. The molecule has 1 aliphatic heterocycles. The molecule has 1 heterocycles. The van der Waals surface area contributed by atoms with E-state index in [1.54, 1.807) is 0 Å². The first kappa shape index (κ1) is 28.3. The number of nitrogens with one attached hydrogen (secondary N) is 1. The highest BCUT2D eigenvalue weighted by Crippen LogP contribution is 2.26. The van der Waals surface area contributed by atoms with E-state index in [0.29, 0.717) is 31.3 Å². The first-order chi connectivity index (χ1) is 17.8. The van der Waals surface area contributed by atoms with E-state index in [4.69, 9.17) is 19.0 Å². The molecule has 0 atom stereocenters. The highest BCUT2D eigenvalue weighted by Gasteiger charge is 2.32. The van der Waals surface area contributed by atoms with Crippen LogP contribution in [0.1, 0.15) is 63.5 Å². The molecular weight excluding hydrogens is 482 g/mol. The molecule has 202 valence electrons. The molecule has 1 fully saturated rings. The van der Waals surface area contributed by atoms with Crippen molar-refractivity contribution >= 4 is 29.4 Å². The Bertz CT molecular complexity index is 992. The number of carbonyl (C=O) groups excluding carboxylic acids is 4. The largest absolute Gasteiger partial charge is 0.491 e. The molecule has 0 radical (unpaired) electrons. The topological polar surface area (TPSA) is 133 Å². The first-order valence-electron chi connectivity index (χ1n) is 12.7. The molecule has 0 aromatic heterocycles. The van der Waals surface area contributed by atoms with Crippen LogP contribution in [0.25, 0.3) is 0 Å². The molecular formula is C26H35N3O8. The Morgan fingerprint density at radius 3 is 2.41 bits per heavy atom. The molecule has 3 rings (SSSR count). The standard InChI is InChI=1S/C26H35N3O8/c1-18(2)16-23(30)28-27-22-5-3-4-19-17-20(6-7-21(19)22)36-15-14-35-13-12-34-11-10-26(33)37-29-24(31)8-9-25(29)32/h6-7,17-18H,3-5,8-16H2,1-2H3,(H,28,30). The Kier molecular flexibility index (Phi) is 11.0. The van der Waals surface area contributed by atoms with Gasteiger partial charge in [0, 0.05) is 24.8 Å². The number of aryl methyl sites for hydroxylation is 1. The van der Waals surface area contributed by atoms with E-state index in [-0.39, 0.29) is 44.3 Å². The van der Waals surface area contributed by atoms with Gasteiger partial charge < -0.3 is 19.0 Å². The number of hydrogen-bond donors (Lipinski definition) is 1. The molecule has 1 N–H and O–H groups in total. The van der Waals surface area contributed by atoms with Crippen LogP contribution in [0, 0.1) is 5.92 Å². The second-order valence-corrected chi connectivity index (χ2v) is 9.23. The molecule has 1 aromatic carbocycles. The smallest absolute Gasteiger partial charge is 0.335 e. The number of ether oxygens (including phenoxy) is 3. The third kappa shape index (κ3) is 9.25. The maximum atomic E-state index is 11.9. The van der Waals surface area contributed by atoms with Crippen LogP contribution >= 0.6 is 0 Å². The Hall–Kier alpha value is -3.31. The summed E-state index contributed by atoms with van der Waals surface area (Å²) in [4.78, 5) is 51.2. The summed E-state index contributed by atoms with van der Waals surface area (Å²) in [5.74, 6) is -0.754. The van der Waals surface area contributed by atoms with Crippen LogP contribution in [0.15, 0.2) is 23.3 Å². The summed E-state index contributed by atoms with van der Waals surface area (Å²) in [5, 5.41) is 4.88. The second-order valence-electron chi connectivity index (χ2n) is 9.23. The van der Waals surface area contributed by atoms with Gasteiger partial charge in [-0.1, -0.05) is 13.8 Å². The molecule has 1 aliphatic carbocycles. The third-order valence-electron chi connectivity index (χ3n) is 5.67. The van der Waals surface area contributed by atoms with Gasteiger partial charge in [-0.2, -0.15) is 5.10 Å². The summed E-state index contributed by atoms with van der Waals surface area (Å²) in [6.45, 7) is 5.44. The zero-order valence-corrected chi connectivity index (χ0v) is 21.5. The van der Waals surface area contributed by atoms with Gasteiger partial charge in [0.05, 0.1) is 38.6 Å². The van der Waals surface area contributed by atoms with Gasteiger partial charge in [-0.25, -0.2) is 10.2 Å². The molecule has 1 aromatic rings. The zero-order chi connectivity index (χ0) is 26.6. The van der Waals surface area contributed by atoms with E-state index in [0.717, 1.165) is 41.9 Å². The monoisotopic (exact) mass is 517 g/mol. The van der Waals surface area contributed by atoms with Crippen LogP contribution in [0.5, 0.6) is 5.75 Å². The number of hydrogen-bond acceptors (Lipinski definition) is 9. The fourth-order valence-electron chi connectivity index (χ4n) is 3.89. The van der Waals surface area contributed by atoms with Crippen molar-refractivity contribution in [2.75, 3.05) is 33.0 Å². The van der Waals surface area contributed by atoms with Crippen LogP contribution in [0.4, 0.5) is 0 Å². The van der Waals surface area contributed by atoms with Crippen LogP contribution in [-0.2, 0) is 39.9 Å². The van der Waals surface area contributed by atoms with Crippen molar-refractivity contribution in [2.24, 2.45) is 11.0 Å². The number of hydroxylamine groups is 2. The molecule has 3 amide bonds. The Morgan fingerprint density at radius 2 is 1.68 bits per heavy atom. The number of nitrogens with zero attached hydrogens (tertiary/aromatic N) is 2. The van der Waals surface area contributed by atoms with Crippen molar-refractivity contribution < 1.29 is 38.2 Å². The summed E-state index contributed by atoms with van der Waals surface area (Å²) in [5.41, 5.74) is 5.75. The highest BCUT2D eigenvalue weighted by molar-refractivity contribution is 6.03. The number of carbonyl (C=O) groups is 4. The molecule has 0 unspecified atom stereocenters. The normalized spacial score (nSPS) is 16.3. The maximum Gasteiger partial charge on any atom is 0.335 e. The van der Waals surface area contributed by atoms with E-state index in [1.807, 2.05) is 32.0 Å². The lowest BCUT2D eigenvalue weighted by atomic mass is 9.90. The maximum absolute atomic E-state index is 11.9. The van der Waals surface area contributed by atoms with Crippen molar-refractivity contribution in [3.8, 4) is 5.75 Å². The van der Waals surface area contributed by atoms with Crippen LogP contribution in [0.3, 0.4) is 0 Å². The minimum atomic E-state index is -0.697. The van der Waals surface area contributed by atoms with Gasteiger partial charge in [0.15, 0.2) is 0 Å². The zero-order valence-electron chi connectivity index (χ0n) is 21.5. The van der Waals surface area contributed by atoms with Crippen LogP contribution in [-0.4, -0.2) is 67.5 Å². The minimum absolute atomic E-state index is 0.0610. The Labute approximate surface area is 216 Å².